The Morgan fingerprint density at radius 2 is 0.778 bits per heavy atom. The maximum Gasteiger partial charge on any atom is 0.416 e. The van der Waals surface area contributed by atoms with E-state index in [1.165, 1.54) is 12.1 Å². The molecule has 0 saturated heterocycles. The van der Waals surface area contributed by atoms with Gasteiger partial charge in [-0.2, -0.15) is 26.3 Å². The second kappa shape index (κ2) is 14.3. The Labute approximate surface area is 410 Å². The van der Waals surface area contributed by atoms with Crippen molar-refractivity contribution in [1.29, 1.82) is 0 Å². The summed E-state index contributed by atoms with van der Waals surface area (Å²) in [6.07, 6.45) is -9.37. The molecule has 342 valence electrons. The fourth-order valence-electron chi connectivity index (χ4n) is 13.3. The van der Waals surface area contributed by atoms with Crippen molar-refractivity contribution in [3.63, 3.8) is 0 Å². The van der Waals surface area contributed by atoms with E-state index in [9.17, 15) is 0 Å². The van der Waals surface area contributed by atoms with Gasteiger partial charge < -0.3 is 9.47 Å². The van der Waals surface area contributed by atoms with Gasteiger partial charge >= 0.3 is 12.4 Å². The first-order chi connectivity index (χ1) is 34.9. The van der Waals surface area contributed by atoms with Gasteiger partial charge in [-0.15, -0.1) is 0 Å². The molecule has 0 unspecified atom stereocenters. The molecule has 0 aromatic heterocycles. The second-order valence-electron chi connectivity index (χ2n) is 19.6. The number of fused-ring (bicyclic) bond motifs is 8. The molecule has 0 radical (unpaired) electrons. The number of hydrogen-bond donors (Lipinski definition) is 0. The smallest absolute Gasteiger partial charge is 0.416 e. The average Bonchev–Trinajstić information content (AvgIpc) is 3.39. The molecular weight excluding hydrogens is 928 g/mol. The van der Waals surface area contributed by atoms with Crippen LogP contribution in [0.15, 0.2) is 188 Å². The Hall–Kier alpha value is -8.01. The predicted octanol–water partition coefficient (Wildman–Crippen LogP) is 9.51. The molecule has 11 aromatic rings. The van der Waals surface area contributed by atoms with Crippen molar-refractivity contribution in [3.8, 4) is 45.3 Å². The third-order valence-electron chi connectivity index (χ3n) is 16.0. The van der Waals surface area contributed by atoms with Gasteiger partial charge in [0.2, 0.25) is 0 Å². The minimum atomic E-state index is -4.70. The van der Waals surface area contributed by atoms with Crippen LogP contribution in [0.25, 0.3) is 54.6 Å². The van der Waals surface area contributed by atoms with Gasteiger partial charge in [0.15, 0.2) is 8.07 Å². The number of halogens is 6. The molecule has 4 heterocycles. The molecule has 0 aliphatic carbocycles. The molecule has 0 atom stereocenters. The zero-order chi connectivity index (χ0) is 48.6. The lowest BCUT2D eigenvalue weighted by Gasteiger charge is -2.40. The maximum absolute atomic E-state index is 15.4. The van der Waals surface area contributed by atoms with E-state index in [1.807, 2.05) is 79.7 Å². The molecule has 11 aromatic carbocycles. The third-order valence-corrected chi connectivity index (χ3v) is 20.8. The van der Waals surface area contributed by atoms with Crippen LogP contribution in [0.4, 0.5) is 26.3 Å². The van der Waals surface area contributed by atoms with Crippen LogP contribution in [0.5, 0.6) is 23.0 Å². The second-order valence-corrected chi connectivity index (χ2v) is 23.4. The minimum Gasteiger partial charge on any atom is -0.458 e. The topological polar surface area (TPSA) is 18.5 Å². The quantitative estimate of drug-likeness (QED) is 0.0758. The molecule has 11 heteroatoms. The summed E-state index contributed by atoms with van der Waals surface area (Å²) in [6.45, 7) is 0.990. The van der Waals surface area contributed by atoms with E-state index in [-0.39, 0.29) is 11.5 Å². The SMILES string of the molecule is Cc1cc2c3c(cc4c([Si](c5ccccc5)(c5ccccc5)c5ccccc5)cc5c6c(cc1c3c46)B1c3ccccc3Oc3cc(C(F)(F)F)cc-5c31)B1c3ccccc3Oc3cc(C(F)(F)F)cc-2c31. The van der Waals surface area contributed by atoms with Crippen LogP contribution in [0.2, 0.25) is 0 Å². The number of hydrogen-bond acceptors (Lipinski definition) is 2. The van der Waals surface area contributed by atoms with Crippen LogP contribution in [0.1, 0.15) is 16.7 Å². The van der Waals surface area contributed by atoms with Gasteiger partial charge in [0.25, 0.3) is 13.4 Å². The fourth-order valence-corrected chi connectivity index (χ4v) is 18.2. The zero-order valence-electron chi connectivity index (χ0n) is 38.1. The van der Waals surface area contributed by atoms with Gasteiger partial charge in [0.1, 0.15) is 23.0 Å². The van der Waals surface area contributed by atoms with E-state index in [0.717, 1.165) is 92.6 Å². The van der Waals surface area contributed by atoms with Gasteiger partial charge in [-0.25, -0.2) is 0 Å². The van der Waals surface area contributed by atoms with E-state index < -0.39 is 45.0 Å². The highest BCUT2D eigenvalue weighted by molar-refractivity contribution is 7.21. The standard InChI is InChI=1S/C61H34B2F6O2Si/c1-33-25-40-42-26-34(60(64,65)66)28-51-58(42)63(46-22-12-14-24-50(46)70-51)48-31-44-53(72(36-15-5-2-6-16-36,37-17-7-3-8-18-37)38-19-9-4-10-20-38)32-41-43-27-35(61(67,68)69)29-52-59(43)62(45-21-11-13-23-49(45)71-52)47-30-39(33)56(54(40)48)57(44)55(41)47/h2-32H,1H3. The number of benzene rings is 11. The van der Waals surface area contributed by atoms with Gasteiger partial charge in [0.05, 0.1) is 11.1 Å². The number of ether oxygens (including phenoxy) is 2. The summed E-state index contributed by atoms with van der Waals surface area (Å²) in [5, 5.41) is 9.49. The first-order valence-corrected chi connectivity index (χ1v) is 25.9. The van der Waals surface area contributed by atoms with E-state index in [4.69, 9.17) is 9.47 Å². The van der Waals surface area contributed by atoms with Gasteiger partial charge in [-0.1, -0.05) is 163 Å². The van der Waals surface area contributed by atoms with Gasteiger partial charge in [-0.3, -0.25) is 0 Å². The number of para-hydroxylation sites is 2. The lowest BCUT2D eigenvalue weighted by atomic mass is 9.32. The van der Waals surface area contributed by atoms with E-state index in [2.05, 4.69) is 91.0 Å². The zero-order valence-corrected chi connectivity index (χ0v) is 39.1. The van der Waals surface area contributed by atoms with Crippen LogP contribution >= 0.6 is 0 Å². The Kier molecular flexibility index (Phi) is 8.30. The van der Waals surface area contributed by atoms with Crippen LogP contribution < -0.4 is 63.0 Å². The lowest BCUT2D eigenvalue weighted by Crippen LogP contribution is -2.75. The molecule has 4 aliphatic heterocycles. The third kappa shape index (κ3) is 5.43. The van der Waals surface area contributed by atoms with Crippen molar-refractivity contribution in [2.24, 2.45) is 0 Å². The Morgan fingerprint density at radius 3 is 1.24 bits per heavy atom. The van der Waals surface area contributed by atoms with Crippen molar-refractivity contribution >= 4 is 107 Å². The summed E-state index contributed by atoms with van der Waals surface area (Å²) in [4.78, 5) is 0. The highest BCUT2D eigenvalue weighted by atomic mass is 28.3. The van der Waals surface area contributed by atoms with Gasteiger partial charge in [-0.05, 0) is 146 Å². The molecule has 0 bridgehead atoms. The summed E-state index contributed by atoms with van der Waals surface area (Å²) in [6, 6.07) is 60.1. The Morgan fingerprint density at radius 1 is 0.375 bits per heavy atom. The first-order valence-electron chi connectivity index (χ1n) is 23.9. The number of rotatable bonds is 4. The monoisotopic (exact) mass is 962 g/mol. The summed E-state index contributed by atoms with van der Waals surface area (Å²) in [5.41, 5.74) is 6.33. The number of alkyl halides is 6. The highest BCUT2D eigenvalue weighted by Gasteiger charge is 2.49. The van der Waals surface area contributed by atoms with Crippen LogP contribution in [0, 0.1) is 6.92 Å². The molecule has 0 amide bonds. The lowest BCUT2D eigenvalue weighted by molar-refractivity contribution is -0.138. The van der Waals surface area contributed by atoms with Crippen molar-refractivity contribution in [3.05, 3.63) is 205 Å². The molecule has 72 heavy (non-hydrogen) atoms. The van der Waals surface area contributed by atoms with Crippen molar-refractivity contribution < 1.29 is 35.8 Å². The highest BCUT2D eigenvalue weighted by Crippen LogP contribution is 2.49. The first kappa shape index (κ1) is 41.7. The Bertz CT molecular complexity index is 4060. The van der Waals surface area contributed by atoms with E-state index in [0.29, 0.717) is 44.7 Å². The van der Waals surface area contributed by atoms with Crippen LogP contribution in [-0.4, -0.2) is 21.5 Å². The number of aryl methyl sites for hydroxylation is 1. The summed E-state index contributed by atoms with van der Waals surface area (Å²) in [7, 11) is -3.54. The summed E-state index contributed by atoms with van der Waals surface area (Å²) < 4.78 is 105. The van der Waals surface area contributed by atoms with Crippen molar-refractivity contribution in [2.75, 3.05) is 0 Å². The Balaban J connectivity index is 1.22. The van der Waals surface area contributed by atoms with E-state index in [1.54, 1.807) is 0 Å². The fraction of sp³-hybridized carbons (Fsp3) is 0.0492. The molecule has 4 aliphatic rings. The maximum atomic E-state index is 15.4. The minimum absolute atomic E-state index is 0.160. The molecule has 0 spiro atoms. The molecule has 0 saturated carbocycles. The molecule has 2 nitrogen and oxygen atoms in total. The molecule has 15 rings (SSSR count). The van der Waals surface area contributed by atoms with Crippen LogP contribution in [-0.2, 0) is 12.4 Å². The van der Waals surface area contributed by atoms with Crippen LogP contribution in [0.3, 0.4) is 0 Å². The summed E-state index contributed by atoms with van der Waals surface area (Å²) >= 11 is 0. The summed E-state index contributed by atoms with van der Waals surface area (Å²) in [5.74, 6) is 1.29. The van der Waals surface area contributed by atoms with Crippen molar-refractivity contribution in [2.45, 2.75) is 19.3 Å². The van der Waals surface area contributed by atoms with E-state index >= 15 is 26.3 Å². The average molecular weight is 963 g/mol. The molecule has 0 fully saturated rings. The molecule has 0 N–H and O–H groups in total. The molecular formula is C61H34B2F6O2Si. The normalized spacial score (nSPS) is 13.9. The largest absolute Gasteiger partial charge is 0.458 e. The van der Waals surface area contributed by atoms with Crippen molar-refractivity contribution in [1.82, 2.24) is 0 Å². The van der Waals surface area contributed by atoms with Gasteiger partial charge in [0, 0.05) is 0 Å². The predicted molar refractivity (Wildman–Crippen MR) is 282 cm³/mol.